The van der Waals surface area contributed by atoms with E-state index in [0.29, 0.717) is 0 Å². The molecule has 0 spiro atoms. The zero-order valence-corrected chi connectivity index (χ0v) is 15.4. The Morgan fingerprint density at radius 1 is 0.737 bits per heavy atom. The molecule has 0 rings (SSSR count). The molecule has 0 aliphatic heterocycles. The molecule has 0 amide bonds. The number of unbranched alkanes of at least 4 members (excludes halogenated alkanes) is 1. The van der Waals surface area contributed by atoms with Gasteiger partial charge < -0.3 is 0 Å². The fourth-order valence-electron chi connectivity index (χ4n) is 2.35. The molecule has 0 saturated heterocycles. The number of hydrogen-bond donors (Lipinski definition) is 0. The van der Waals surface area contributed by atoms with Gasteiger partial charge in [-0.05, 0) is 34.1 Å². The molecule has 0 N–H and O–H groups in total. The third-order valence-corrected chi connectivity index (χ3v) is 4.05. The largest absolute Gasteiger partial charge is 0.255 e. The standard InChI is InChI=1S/C13H26Cl4N2/c1-6-7-8-13(18(9(2)14)10(3)15)19(11(4)16)12(5)17/h9-13H,6-8H2,1-5H3. The highest BCUT2D eigenvalue weighted by molar-refractivity contribution is 6.23. The van der Waals surface area contributed by atoms with Crippen LogP contribution >= 0.6 is 46.4 Å². The van der Waals surface area contributed by atoms with Crippen LogP contribution in [0.4, 0.5) is 0 Å². The second-order valence-corrected chi connectivity index (χ2v) is 7.34. The van der Waals surface area contributed by atoms with E-state index in [1.165, 1.54) is 0 Å². The van der Waals surface area contributed by atoms with Crippen molar-refractivity contribution in [1.29, 1.82) is 0 Å². The maximum atomic E-state index is 6.29. The van der Waals surface area contributed by atoms with Gasteiger partial charge in [-0.15, -0.1) is 46.4 Å². The summed E-state index contributed by atoms with van der Waals surface area (Å²) in [6, 6.07) is 0. The highest BCUT2D eigenvalue weighted by Crippen LogP contribution is 2.28. The Balaban J connectivity index is 5.24. The van der Waals surface area contributed by atoms with Gasteiger partial charge in [-0.2, -0.15) is 0 Å². The van der Waals surface area contributed by atoms with Gasteiger partial charge in [0.05, 0.1) is 28.2 Å². The fraction of sp³-hybridized carbons (Fsp3) is 1.00. The summed E-state index contributed by atoms with van der Waals surface area (Å²) in [4.78, 5) is 4.10. The molecule has 0 saturated carbocycles. The molecule has 0 bridgehead atoms. The van der Waals surface area contributed by atoms with Crippen molar-refractivity contribution in [2.24, 2.45) is 0 Å². The summed E-state index contributed by atoms with van der Waals surface area (Å²) in [5, 5.41) is 0. The summed E-state index contributed by atoms with van der Waals surface area (Å²) in [7, 11) is 0. The second-order valence-electron chi connectivity index (χ2n) is 4.81. The molecule has 116 valence electrons. The molecule has 0 aliphatic carbocycles. The second kappa shape index (κ2) is 9.92. The van der Waals surface area contributed by atoms with Gasteiger partial charge in [0.15, 0.2) is 0 Å². The van der Waals surface area contributed by atoms with Crippen LogP contribution in [0.25, 0.3) is 0 Å². The molecule has 0 aliphatic rings. The minimum atomic E-state index is -0.178. The van der Waals surface area contributed by atoms with Crippen LogP contribution in [-0.4, -0.2) is 38.0 Å². The molecular formula is C13H26Cl4N2. The lowest BCUT2D eigenvalue weighted by Crippen LogP contribution is -2.56. The normalized spacial score (nSPS) is 20.4. The fourth-order valence-corrected chi connectivity index (χ4v) is 3.67. The maximum absolute atomic E-state index is 6.29. The van der Waals surface area contributed by atoms with E-state index in [0.717, 1.165) is 19.3 Å². The summed E-state index contributed by atoms with van der Waals surface area (Å²) < 4.78 is 0. The summed E-state index contributed by atoms with van der Waals surface area (Å²) >= 11 is 25.2. The van der Waals surface area contributed by atoms with Gasteiger partial charge in [0, 0.05) is 0 Å². The lowest BCUT2D eigenvalue weighted by Gasteiger charge is -2.44. The molecule has 4 atom stereocenters. The van der Waals surface area contributed by atoms with Crippen molar-refractivity contribution in [1.82, 2.24) is 9.80 Å². The van der Waals surface area contributed by atoms with Crippen LogP contribution in [0.3, 0.4) is 0 Å². The molecule has 0 heterocycles. The first-order valence-electron chi connectivity index (χ1n) is 6.85. The average molecular weight is 352 g/mol. The molecule has 0 aromatic heterocycles. The highest BCUT2D eigenvalue weighted by atomic mass is 35.5. The zero-order valence-electron chi connectivity index (χ0n) is 12.4. The van der Waals surface area contributed by atoms with Crippen molar-refractivity contribution >= 4 is 46.4 Å². The molecule has 6 heteroatoms. The first-order chi connectivity index (χ1) is 8.73. The van der Waals surface area contributed by atoms with Crippen molar-refractivity contribution < 1.29 is 0 Å². The first-order valence-corrected chi connectivity index (χ1v) is 8.59. The number of hydrogen-bond acceptors (Lipinski definition) is 2. The van der Waals surface area contributed by atoms with E-state index >= 15 is 0 Å². The molecule has 4 unspecified atom stereocenters. The first kappa shape index (κ1) is 20.1. The van der Waals surface area contributed by atoms with Gasteiger partial charge in [0.25, 0.3) is 0 Å². The molecule has 0 radical (unpaired) electrons. The van der Waals surface area contributed by atoms with Crippen LogP contribution in [0.1, 0.15) is 53.9 Å². The van der Waals surface area contributed by atoms with E-state index in [2.05, 4.69) is 16.7 Å². The monoisotopic (exact) mass is 350 g/mol. The van der Waals surface area contributed by atoms with Gasteiger partial charge in [-0.3, -0.25) is 9.80 Å². The summed E-state index contributed by atoms with van der Waals surface area (Å²) in [5.74, 6) is 0. The lowest BCUT2D eigenvalue weighted by molar-refractivity contribution is 0.0101. The molecule has 0 fully saturated rings. The van der Waals surface area contributed by atoms with E-state index in [9.17, 15) is 0 Å². The number of halogens is 4. The third kappa shape index (κ3) is 6.58. The average Bonchev–Trinajstić information content (AvgIpc) is 2.23. The van der Waals surface area contributed by atoms with Gasteiger partial charge in [0.1, 0.15) is 0 Å². The van der Waals surface area contributed by atoms with Gasteiger partial charge >= 0.3 is 0 Å². The van der Waals surface area contributed by atoms with E-state index in [1.54, 1.807) is 0 Å². The van der Waals surface area contributed by atoms with Gasteiger partial charge in [0.2, 0.25) is 0 Å². The minimum absolute atomic E-state index is 0.0416. The Bertz CT molecular complexity index is 199. The predicted molar refractivity (Wildman–Crippen MR) is 88.3 cm³/mol. The van der Waals surface area contributed by atoms with Crippen LogP contribution < -0.4 is 0 Å². The Kier molecular flexibility index (Phi) is 10.5. The number of rotatable bonds is 9. The summed E-state index contributed by atoms with van der Waals surface area (Å²) in [5.41, 5.74) is -0.712. The Hall–Kier alpha value is 1.08. The molecule has 0 aromatic rings. The lowest BCUT2D eigenvalue weighted by atomic mass is 10.1. The van der Waals surface area contributed by atoms with Crippen LogP contribution in [0.5, 0.6) is 0 Å². The molecule has 0 aromatic carbocycles. The van der Waals surface area contributed by atoms with Crippen molar-refractivity contribution in [2.45, 2.75) is 82.1 Å². The van der Waals surface area contributed by atoms with E-state index in [1.807, 2.05) is 27.7 Å². The van der Waals surface area contributed by atoms with E-state index < -0.39 is 0 Å². The molecule has 2 nitrogen and oxygen atoms in total. The summed E-state index contributed by atoms with van der Waals surface area (Å²) in [6.45, 7) is 9.86. The van der Waals surface area contributed by atoms with Crippen molar-refractivity contribution in [3.63, 3.8) is 0 Å². The van der Waals surface area contributed by atoms with Crippen molar-refractivity contribution in [2.75, 3.05) is 0 Å². The summed E-state index contributed by atoms with van der Waals surface area (Å²) in [6.07, 6.45) is 3.18. The maximum Gasteiger partial charge on any atom is 0.0846 e. The smallest absolute Gasteiger partial charge is 0.0846 e. The molecule has 19 heavy (non-hydrogen) atoms. The van der Waals surface area contributed by atoms with E-state index in [4.69, 9.17) is 46.4 Å². The third-order valence-electron chi connectivity index (χ3n) is 3.15. The topological polar surface area (TPSA) is 6.48 Å². The van der Waals surface area contributed by atoms with Gasteiger partial charge in [-0.25, -0.2) is 0 Å². The number of alkyl halides is 4. The van der Waals surface area contributed by atoms with Crippen LogP contribution in [0.15, 0.2) is 0 Å². The van der Waals surface area contributed by atoms with Gasteiger partial charge in [-0.1, -0.05) is 19.8 Å². The Labute approximate surface area is 138 Å². The zero-order chi connectivity index (χ0) is 15.2. The highest BCUT2D eigenvalue weighted by Gasteiger charge is 2.34. The number of nitrogens with zero attached hydrogens (tertiary/aromatic N) is 2. The Morgan fingerprint density at radius 3 is 1.26 bits per heavy atom. The minimum Gasteiger partial charge on any atom is -0.255 e. The molecular weight excluding hydrogens is 326 g/mol. The van der Waals surface area contributed by atoms with E-state index in [-0.39, 0.29) is 28.2 Å². The van der Waals surface area contributed by atoms with Crippen molar-refractivity contribution in [3.05, 3.63) is 0 Å². The van der Waals surface area contributed by atoms with Crippen LogP contribution in [0, 0.1) is 0 Å². The quantitative estimate of drug-likeness (QED) is 0.309. The van der Waals surface area contributed by atoms with Crippen LogP contribution in [0.2, 0.25) is 0 Å². The van der Waals surface area contributed by atoms with Crippen LogP contribution in [-0.2, 0) is 0 Å². The van der Waals surface area contributed by atoms with Crippen molar-refractivity contribution in [3.8, 4) is 0 Å². The Morgan fingerprint density at radius 2 is 1.05 bits per heavy atom. The SMILES string of the molecule is CCCCC(N(C(C)Cl)C(C)Cl)N(C(C)Cl)C(C)Cl. The predicted octanol–water partition coefficient (Wildman–Crippen LogP) is 5.45.